The first-order chi connectivity index (χ1) is 9.49. The molecule has 0 saturated heterocycles. The van der Waals surface area contributed by atoms with E-state index in [-0.39, 0.29) is 13.0 Å². The maximum Gasteiger partial charge on any atom is 0.306 e. The quantitative estimate of drug-likeness (QED) is 0.910. The number of carbonyl (C=O) groups is 1. The number of aryl methyl sites for hydroxylation is 1. The van der Waals surface area contributed by atoms with E-state index in [4.69, 9.17) is 9.84 Å². The Labute approximate surface area is 117 Å². The molecule has 0 aliphatic rings. The molecule has 0 fully saturated rings. The Morgan fingerprint density at radius 1 is 1.35 bits per heavy atom. The average Bonchev–Trinajstić information content (AvgIpc) is 2.66. The van der Waals surface area contributed by atoms with Gasteiger partial charge in [-0.1, -0.05) is 6.07 Å². The van der Waals surface area contributed by atoms with Crippen LogP contribution in [-0.4, -0.2) is 27.5 Å². The van der Waals surface area contributed by atoms with Gasteiger partial charge in [0.2, 0.25) is 0 Å². The molecule has 106 valence electrons. The number of carboxylic acids is 1. The van der Waals surface area contributed by atoms with Gasteiger partial charge in [-0.2, -0.15) is 5.10 Å². The van der Waals surface area contributed by atoms with E-state index in [1.165, 1.54) is 5.56 Å². The lowest BCUT2D eigenvalue weighted by atomic mass is 10.2. The Bertz CT molecular complexity index is 632. The second kappa shape index (κ2) is 5.77. The molecular weight excluding hydrogens is 256 g/mol. The van der Waals surface area contributed by atoms with Gasteiger partial charge in [-0.3, -0.25) is 4.79 Å². The Morgan fingerprint density at radius 3 is 2.70 bits per heavy atom. The van der Waals surface area contributed by atoms with Crippen LogP contribution in [0.5, 0.6) is 5.75 Å². The minimum absolute atomic E-state index is 0.0107. The van der Waals surface area contributed by atoms with Crippen molar-refractivity contribution in [1.29, 1.82) is 0 Å². The number of hydrogen-bond donors (Lipinski definition) is 1. The molecule has 1 aromatic carbocycles. The minimum atomic E-state index is -0.865. The van der Waals surface area contributed by atoms with Crippen molar-refractivity contribution in [2.75, 3.05) is 6.61 Å². The lowest BCUT2D eigenvalue weighted by Crippen LogP contribution is -2.05. The van der Waals surface area contributed by atoms with E-state index in [0.29, 0.717) is 5.75 Å². The van der Waals surface area contributed by atoms with Gasteiger partial charge in [0, 0.05) is 11.8 Å². The molecule has 1 heterocycles. The van der Waals surface area contributed by atoms with Crippen molar-refractivity contribution in [2.45, 2.75) is 27.2 Å². The summed E-state index contributed by atoms with van der Waals surface area (Å²) in [6.45, 7) is 6.20. The van der Waals surface area contributed by atoms with Crippen LogP contribution in [0.25, 0.3) is 5.69 Å². The van der Waals surface area contributed by atoms with Gasteiger partial charge in [0.1, 0.15) is 5.75 Å². The average molecular weight is 274 g/mol. The first-order valence-corrected chi connectivity index (χ1v) is 6.47. The molecule has 0 spiro atoms. The highest BCUT2D eigenvalue weighted by Crippen LogP contribution is 2.20. The number of aliphatic carboxylic acids is 1. The molecule has 1 N–H and O–H groups in total. The molecule has 0 aliphatic heterocycles. The minimum Gasteiger partial charge on any atom is -0.493 e. The molecule has 0 aliphatic carbocycles. The van der Waals surface area contributed by atoms with E-state index in [9.17, 15) is 4.79 Å². The highest BCUT2D eigenvalue weighted by atomic mass is 16.5. The number of aromatic nitrogens is 2. The van der Waals surface area contributed by atoms with Crippen LogP contribution in [0.2, 0.25) is 0 Å². The molecule has 5 nitrogen and oxygen atoms in total. The van der Waals surface area contributed by atoms with Gasteiger partial charge in [0.25, 0.3) is 0 Å². The van der Waals surface area contributed by atoms with E-state index in [2.05, 4.69) is 5.10 Å². The summed E-state index contributed by atoms with van der Waals surface area (Å²) < 4.78 is 7.30. The second-order valence-corrected chi connectivity index (χ2v) is 4.70. The van der Waals surface area contributed by atoms with E-state index < -0.39 is 5.97 Å². The highest BCUT2D eigenvalue weighted by Gasteiger charge is 2.09. The summed E-state index contributed by atoms with van der Waals surface area (Å²) in [5.74, 6) is -0.218. The number of rotatable bonds is 5. The normalized spacial score (nSPS) is 10.6. The van der Waals surface area contributed by atoms with E-state index >= 15 is 0 Å². The van der Waals surface area contributed by atoms with Crippen LogP contribution in [0.1, 0.15) is 23.4 Å². The fraction of sp³-hybridized carbons (Fsp3) is 0.333. The molecular formula is C15H18N2O3. The van der Waals surface area contributed by atoms with E-state index in [0.717, 1.165) is 17.1 Å². The molecule has 2 aromatic rings. The van der Waals surface area contributed by atoms with Crippen LogP contribution in [0.15, 0.2) is 24.3 Å². The van der Waals surface area contributed by atoms with Crippen molar-refractivity contribution in [3.05, 3.63) is 41.2 Å². The maximum absolute atomic E-state index is 10.5. The smallest absolute Gasteiger partial charge is 0.306 e. The highest BCUT2D eigenvalue weighted by molar-refractivity contribution is 5.66. The summed E-state index contributed by atoms with van der Waals surface area (Å²) in [5.41, 5.74) is 4.17. The standard InChI is InChI=1S/C15H18N2O3/c1-10-11(2)16-17(12(10)3)13-5-4-6-14(9-13)20-8-7-15(18)19/h4-6,9H,7-8H2,1-3H3,(H,18,19). The third kappa shape index (κ3) is 2.99. The number of nitrogens with zero attached hydrogens (tertiary/aromatic N) is 2. The van der Waals surface area contributed by atoms with Crippen LogP contribution in [0.4, 0.5) is 0 Å². The van der Waals surface area contributed by atoms with Crippen LogP contribution < -0.4 is 4.74 Å². The van der Waals surface area contributed by atoms with Gasteiger partial charge in [0.15, 0.2) is 0 Å². The van der Waals surface area contributed by atoms with Crippen molar-refractivity contribution < 1.29 is 14.6 Å². The third-order valence-corrected chi connectivity index (χ3v) is 3.30. The Kier molecular flexibility index (Phi) is 4.08. The fourth-order valence-corrected chi connectivity index (χ4v) is 1.93. The van der Waals surface area contributed by atoms with Gasteiger partial charge in [-0.25, -0.2) is 4.68 Å². The maximum atomic E-state index is 10.5. The zero-order valence-electron chi connectivity index (χ0n) is 11.9. The Morgan fingerprint density at radius 2 is 2.10 bits per heavy atom. The van der Waals surface area contributed by atoms with Gasteiger partial charge in [-0.15, -0.1) is 0 Å². The summed E-state index contributed by atoms with van der Waals surface area (Å²) in [6, 6.07) is 7.49. The Hall–Kier alpha value is -2.30. The lowest BCUT2D eigenvalue weighted by molar-refractivity contribution is -0.137. The predicted octanol–water partition coefficient (Wildman–Crippen LogP) is 2.65. The van der Waals surface area contributed by atoms with Crippen molar-refractivity contribution in [1.82, 2.24) is 9.78 Å². The molecule has 0 atom stereocenters. The third-order valence-electron chi connectivity index (χ3n) is 3.30. The van der Waals surface area contributed by atoms with Gasteiger partial charge < -0.3 is 9.84 Å². The summed E-state index contributed by atoms with van der Waals surface area (Å²) in [4.78, 5) is 10.5. The number of ether oxygens (including phenoxy) is 1. The summed E-state index contributed by atoms with van der Waals surface area (Å²) in [7, 11) is 0. The van der Waals surface area contributed by atoms with Gasteiger partial charge in [0.05, 0.1) is 24.4 Å². The van der Waals surface area contributed by atoms with Crippen LogP contribution in [0, 0.1) is 20.8 Å². The summed E-state index contributed by atoms with van der Waals surface area (Å²) >= 11 is 0. The van der Waals surface area contributed by atoms with Crippen molar-refractivity contribution in [2.24, 2.45) is 0 Å². The SMILES string of the molecule is Cc1nn(-c2cccc(OCCC(=O)O)c2)c(C)c1C. The van der Waals surface area contributed by atoms with Crippen LogP contribution >= 0.6 is 0 Å². The fourth-order valence-electron chi connectivity index (χ4n) is 1.93. The molecule has 0 bridgehead atoms. The first-order valence-electron chi connectivity index (χ1n) is 6.47. The molecule has 20 heavy (non-hydrogen) atoms. The van der Waals surface area contributed by atoms with Crippen molar-refractivity contribution >= 4 is 5.97 Å². The molecule has 0 amide bonds. The Balaban J connectivity index is 2.21. The van der Waals surface area contributed by atoms with Crippen molar-refractivity contribution in [3.8, 4) is 11.4 Å². The number of hydrogen-bond acceptors (Lipinski definition) is 3. The molecule has 2 rings (SSSR count). The molecule has 0 radical (unpaired) electrons. The molecule has 0 saturated carbocycles. The number of benzene rings is 1. The molecule has 0 unspecified atom stereocenters. The monoisotopic (exact) mass is 274 g/mol. The van der Waals surface area contributed by atoms with Gasteiger partial charge in [-0.05, 0) is 38.5 Å². The lowest BCUT2D eigenvalue weighted by Gasteiger charge is -2.08. The van der Waals surface area contributed by atoms with Crippen molar-refractivity contribution in [3.63, 3.8) is 0 Å². The second-order valence-electron chi connectivity index (χ2n) is 4.70. The summed E-state index contributed by atoms with van der Waals surface area (Å²) in [6.07, 6.45) is -0.0107. The van der Waals surface area contributed by atoms with E-state index in [1.54, 1.807) is 0 Å². The molecule has 5 heteroatoms. The van der Waals surface area contributed by atoms with Crippen LogP contribution in [-0.2, 0) is 4.79 Å². The zero-order chi connectivity index (χ0) is 14.7. The number of carboxylic acid groups (broad SMARTS) is 1. The summed E-state index contributed by atoms with van der Waals surface area (Å²) in [5, 5.41) is 13.1. The van der Waals surface area contributed by atoms with Crippen LogP contribution in [0.3, 0.4) is 0 Å². The zero-order valence-corrected chi connectivity index (χ0v) is 11.9. The largest absolute Gasteiger partial charge is 0.493 e. The van der Waals surface area contributed by atoms with E-state index in [1.807, 2.05) is 49.7 Å². The first kappa shape index (κ1) is 14.1. The topological polar surface area (TPSA) is 64.4 Å². The molecule has 1 aromatic heterocycles. The van der Waals surface area contributed by atoms with Gasteiger partial charge >= 0.3 is 5.97 Å². The predicted molar refractivity (Wildman–Crippen MR) is 75.5 cm³/mol.